The maximum absolute atomic E-state index is 12.5. The quantitative estimate of drug-likeness (QED) is 0.318. The van der Waals surface area contributed by atoms with Crippen molar-refractivity contribution >= 4 is 35.2 Å². The third-order valence-corrected chi connectivity index (χ3v) is 5.02. The van der Waals surface area contributed by atoms with Crippen molar-refractivity contribution in [3.8, 4) is 5.75 Å². The van der Waals surface area contributed by atoms with E-state index >= 15 is 0 Å². The van der Waals surface area contributed by atoms with Crippen molar-refractivity contribution in [1.82, 2.24) is 0 Å². The number of ether oxygens (including phenoxy) is 1. The Labute approximate surface area is 174 Å². The van der Waals surface area contributed by atoms with E-state index < -0.39 is 0 Å². The molecule has 0 radical (unpaired) electrons. The maximum Gasteiger partial charge on any atom is 0.255 e. The molecule has 5 heteroatoms. The van der Waals surface area contributed by atoms with Gasteiger partial charge in [0.1, 0.15) is 5.75 Å². The molecular formula is C24H21NO3S. The number of rotatable bonds is 7. The van der Waals surface area contributed by atoms with Crippen molar-refractivity contribution in [2.75, 3.05) is 18.7 Å². The molecule has 0 bridgehead atoms. The molecule has 0 unspecified atom stereocenters. The molecular weight excluding hydrogens is 382 g/mol. The van der Waals surface area contributed by atoms with Crippen LogP contribution in [0.15, 0.2) is 83.8 Å². The summed E-state index contributed by atoms with van der Waals surface area (Å²) in [6.07, 6.45) is 5.35. The van der Waals surface area contributed by atoms with Crippen molar-refractivity contribution in [2.24, 2.45) is 0 Å². The van der Waals surface area contributed by atoms with E-state index in [9.17, 15) is 9.59 Å². The summed E-state index contributed by atoms with van der Waals surface area (Å²) >= 11 is 1.67. The zero-order valence-corrected chi connectivity index (χ0v) is 17.0. The zero-order valence-electron chi connectivity index (χ0n) is 16.2. The summed E-state index contributed by atoms with van der Waals surface area (Å²) in [5.41, 5.74) is 2.50. The number of hydrogen-bond donors (Lipinski definition) is 1. The van der Waals surface area contributed by atoms with Crippen LogP contribution in [0.2, 0.25) is 0 Å². The number of carbonyl (C=O) groups is 2. The van der Waals surface area contributed by atoms with Crippen molar-refractivity contribution in [2.45, 2.75) is 4.90 Å². The van der Waals surface area contributed by atoms with Crippen molar-refractivity contribution in [3.05, 3.63) is 95.6 Å². The summed E-state index contributed by atoms with van der Waals surface area (Å²) in [6, 6.07) is 21.8. The van der Waals surface area contributed by atoms with E-state index in [0.717, 1.165) is 5.56 Å². The van der Waals surface area contributed by atoms with Gasteiger partial charge in [0.25, 0.3) is 5.91 Å². The summed E-state index contributed by atoms with van der Waals surface area (Å²) < 4.78 is 5.15. The highest BCUT2D eigenvalue weighted by molar-refractivity contribution is 7.98. The summed E-state index contributed by atoms with van der Waals surface area (Å²) in [6.45, 7) is 0. The lowest BCUT2D eigenvalue weighted by Crippen LogP contribution is -2.12. The predicted octanol–water partition coefficient (Wildman–Crippen LogP) is 5.57. The van der Waals surface area contributed by atoms with Crippen molar-refractivity contribution in [3.63, 3.8) is 0 Å². The van der Waals surface area contributed by atoms with E-state index in [-0.39, 0.29) is 11.7 Å². The van der Waals surface area contributed by atoms with E-state index in [4.69, 9.17) is 4.74 Å². The van der Waals surface area contributed by atoms with Gasteiger partial charge >= 0.3 is 0 Å². The number of thioether (sulfide) groups is 1. The SMILES string of the molecule is COc1cccc(C(=O)Nc2cccc(C(=O)C=Cc3ccc(SC)cc3)c2)c1. The fourth-order valence-electron chi connectivity index (χ4n) is 2.70. The molecule has 4 nitrogen and oxygen atoms in total. The van der Waals surface area contributed by atoms with Gasteiger partial charge in [0, 0.05) is 21.7 Å². The molecule has 3 aromatic carbocycles. The van der Waals surface area contributed by atoms with Gasteiger partial charge in [-0.15, -0.1) is 11.8 Å². The first-order valence-electron chi connectivity index (χ1n) is 9.01. The Bertz CT molecular complexity index is 1040. The summed E-state index contributed by atoms with van der Waals surface area (Å²) in [4.78, 5) is 26.1. The van der Waals surface area contributed by atoms with Crippen LogP contribution in [-0.4, -0.2) is 25.1 Å². The highest BCUT2D eigenvalue weighted by Crippen LogP contribution is 2.18. The summed E-state index contributed by atoms with van der Waals surface area (Å²) in [5.74, 6) is 0.214. The molecule has 0 atom stereocenters. The van der Waals surface area contributed by atoms with Gasteiger partial charge in [0.05, 0.1) is 7.11 Å². The molecule has 0 aliphatic carbocycles. The smallest absolute Gasteiger partial charge is 0.255 e. The molecule has 3 aromatic rings. The molecule has 0 saturated carbocycles. The second-order valence-electron chi connectivity index (χ2n) is 6.24. The third-order valence-electron chi connectivity index (χ3n) is 4.28. The first-order valence-corrected chi connectivity index (χ1v) is 10.2. The zero-order chi connectivity index (χ0) is 20.6. The number of hydrogen-bond acceptors (Lipinski definition) is 4. The normalized spacial score (nSPS) is 10.7. The maximum atomic E-state index is 12.5. The molecule has 0 heterocycles. The number of amides is 1. The van der Waals surface area contributed by atoms with Crippen molar-refractivity contribution < 1.29 is 14.3 Å². The Morgan fingerprint density at radius 1 is 0.931 bits per heavy atom. The Hall–Kier alpha value is -3.31. The van der Waals surface area contributed by atoms with Crippen LogP contribution in [0.3, 0.4) is 0 Å². The molecule has 29 heavy (non-hydrogen) atoms. The summed E-state index contributed by atoms with van der Waals surface area (Å²) in [7, 11) is 1.55. The average Bonchev–Trinajstić information content (AvgIpc) is 2.78. The van der Waals surface area contributed by atoms with E-state index in [1.165, 1.54) is 11.0 Å². The lowest BCUT2D eigenvalue weighted by molar-refractivity contribution is 0.102. The lowest BCUT2D eigenvalue weighted by atomic mass is 10.1. The number of nitrogens with one attached hydrogen (secondary N) is 1. The highest BCUT2D eigenvalue weighted by atomic mass is 32.2. The highest BCUT2D eigenvalue weighted by Gasteiger charge is 2.09. The molecule has 3 rings (SSSR count). The molecule has 0 saturated heterocycles. The number of ketones is 1. The minimum atomic E-state index is -0.266. The number of carbonyl (C=O) groups excluding carboxylic acids is 2. The van der Waals surface area contributed by atoms with Gasteiger partial charge in [-0.05, 0) is 60.4 Å². The predicted molar refractivity (Wildman–Crippen MR) is 119 cm³/mol. The second-order valence-corrected chi connectivity index (χ2v) is 7.12. The molecule has 1 N–H and O–H groups in total. The minimum absolute atomic E-state index is 0.128. The van der Waals surface area contributed by atoms with E-state index in [1.54, 1.807) is 73.5 Å². The van der Waals surface area contributed by atoms with Crippen LogP contribution in [0.1, 0.15) is 26.3 Å². The Morgan fingerprint density at radius 3 is 2.38 bits per heavy atom. The van der Waals surface area contributed by atoms with Gasteiger partial charge in [0.15, 0.2) is 5.78 Å². The Balaban J connectivity index is 1.70. The fraction of sp³-hybridized carbons (Fsp3) is 0.0833. The van der Waals surface area contributed by atoms with Crippen LogP contribution >= 0.6 is 11.8 Å². The van der Waals surface area contributed by atoms with E-state index in [0.29, 0.717) is 22.6 Å². The van der Waals surface area contributed by atoms with Crippen molar-refractivity contribution in [1.29, 1.82) is 0 Å². The summed E-state index contributed by atoms with van der Waals surface area (Å²) in [5, 5.41) is 2.82. The molecule has 146 valence electrons. The van der Waals surface area contributed by atoms with Crippen LogP contribution < -0.4 is 10.1 Å². The number of benzene rings is 3. The number of methoxy groups -OCH3 is 1. The fourth-order valence-corrected chi connectivity index (χ4v) is 3.11. The first kappa shape index (κ1) is 20.4. The molecule has 0 fully saturated rings. The monoisotopic (exact) mass is 403 g/mol. The van der Waals surface area contributed by atoms with Crippen LogP contribution in [0.5, 0.6) is 5.75 Å². The Morgan fingerprint density at radius 2 is 1.66 bits per heavy atom. The largest absolute Gasteiger partial charge is 0.497 e. The number of anilines is 1. The van der Waals surface area contributed by atoms with E-state index in [2.05, 4.69) is 5.32 Å². The minimum Gasteiger partial charge on any atom is -0.497 e. The standard InChI is InChI=1S/C24H21NO3S/c1-28-21-8-4-6-19(16-21)24(27)25-20-7-3-5-18(15-20)23(26)14-11-17-9-12-22(29-2)13-10-17/h3-16H,1-2H3,(H,25,27). The van der Waals surface area contributed by atoms with Crippen LogP contribution in [0.4, 0.5) is 5.69 Å². The van der Waals surface area contributed by atoms with Crippen LogP contribution in [0.25, 0.3) is 6.08 Å². The van der Waals surface area contributed by atoms with Gasteiger partial charge in [-0.2, -0.15) is 0 Å². The van der Waals surface area contributed by atoms with Gasteiger partial charge in [-0.3, -0.25) is 9.59 Å². The Kier molecular flexibility index (Phi) is 6.87. The molecule has 0 aromatic heterocycles. The van der Waals surface area contributed by atoms with Gasteiger partial charge in [0.2, 0.25) is 0 Å². The van der Waals surface area contributed by atoms with Gasteiger partial charge in [-0.25, -0.2) is 0 Å². The molecule has 1 amide bonds. The third kappa shape index (κ3) is 5.59. The second kappa shape index (κ2) is 9.75. The van der Waals surface area contributed by atoms with Gasteiger partial charge in [-0.1, -0.05) is 36.4 Å². The van der Waals surface area contributed by atoms with Gasteiger partial charge < -0.3 is 10.1 Å². The first-order chi connectivity index (χ1) is 14.1. The van der Waals surface area contributed by atoms with Crippen LogP contribution in [0, 0.1) is 0 Å². The van der Waals surface area contributed by atoms with E-state index in [1.807, 2.05) is 30.5 Å². The average molecular weight is 404 g/mol. The topological polar surface area (TPSA) is 55.4 Å². The number of allylic oxidation sites excluding steroid dienone is 1. The molecule has 0 spiro atoms. The molecule has 0 aliphatic heterocycles. The van der Waals surface area contributed by atoms with Crippen LogP contribution in [-0.2, 0) is 0 Å². The lowest BCUT2D eigenvalue weighted by Gasteiger charge is -2.07. The molecule has 0 aliphatic rings.